The van der Waals surface area contributed by atoms with Crippen LogP contribution in [0.15, 0.2) is 24.3 Å². The number of benzene rings is 1. The molecule has 30 heavy (non-hydrogen) atoms. The van der Waals surface area contributed by atoms with Crippen LogP contribution in [0.25, 0.3) is 0 Å². The number of carboxylic acids is 2. The van der Waals surface area contributed by atoms with Gasteiger partial charge in [-0.3, -0.25) is 9.59 Å². The van der Waals surface area contributed by atoms with Crippen LogP contribution in [0.5, 0.6) is 0 Å². The monoisotopic (exact) mass is 431 g/mol. The van der Waals surface area contributed by atoms with Crippen molar-refractivity contribution in [2.75, 3.05) is 6.54 Å². The third-order valence-corrected chi connectivity index (χ3v) is 6.35. The minimum absolute atomic E-state index is 0.188. The second kappa shape index (κ2) is 9.81. The SMILES string of the molecule is CC1(C)[C@@H](C(=O)O)CC[C@@]1(C)C(=O)O.CCN[C@@H](C)Cc1cccc(C(F)(F)F)c1. The Labute approximate surface area is 175 Å². The van der Waals surface area contributed by atoms with Crippen LogP contribution in [0.3, 0.4) is 0 Å². The maximum Gasteiger partial charge on any atom is 0.416 e. The molecule has 1 aliphatic rings. The molecular weight excluding hydrogens is 399 g/mol. The van der Waals surface area contributed by atoms with E-state index in [0.717, 1.165) is 12.6 Å². The van der Waals surface area contributed by atoms with Gasteiger partial charge in [-0.2, -0.15) is 13.2 Å². The largest absolute Gasteiger partial charge is 0.481 e. The lowest BCUT2D eigenvalue weighted by Gasteiger charge is -2.36. The summed E-state index contributed by atoms with van der Waals surface area (Å²) >= 11 is 0. The third-order valence-electron chi connectivity index (χ3n) is 6.35. The summed E-state index contributed by atoms with van der Waals surface area (Å²) in [5, 5.41) is 21.3. The predicted molar refractivity (Wildman–Crippen MR) is 108 cm³/mol. The molecule has 0 spiro atoms. The molecule has 0 radical (unpaired) electrons. The van der Waals surface area contributed by atoms with Crippen LogP contribution in [0.2, 0.25) is 0 Å². The van der Waals surface area contributed by atoms with Crippen molar-refractivity contribution in [1.82, 2.24) is 5.32 Å². The van der Waals surface area contributed by atoms with Gasteiger partial charge in [0.25, 0.3) is 0 Å². The van der Waals surface area contributed by atoms with Crippen LogP contribution in [0, 0.1) is 16.7 Å². The Morgan fingerprint density at radius 3 is 2.23 bits per heavy atom. The summed E-state index contributed by atoms with van der Waals surface area (Å²) in [6.07, 6.45) is -2.76. The molecule has 1 aromatic rings. The highest BCUT2D eigenvalue weighted by molar-refractivity contribution is 5.80. The molecule has 1 fully saturated rings. The zero-order chi connectivity index (χ0) is 23.3. The lowest BCUT2D eigenvalue weighted by molar-refractivity contribution is -0.157. The molecule has 2 rings (SSSR count). The molecule has 0 aromatic heterocycles. The number of nitrogens with one attached hydrogen (secondary N) is 1. The van der Waals surface area contributed by atoms with Crippen molar-refractivity contribution in [3.05, 3.63) is 35.4 Å². The predicted octanol–water partition coefficient (Wildman–Crippen LogP) is 4.84. The smallest absolute Gasteiger partial charge is 0.416 e. The van der Waals surface area contributed by atoms with E-state index in [-0.39, 0.29) is 6.04 Å². The van der Waals surface area contributed by atoms with Gasteiger partial charge in [0, 0.05) is 6.04 Å². The second-order valence-electron chi connectivity index (χ2n) is 8.65. The molecule has 1 aliphatic carbocycles. The van der Waals surface area contributed by atoms with Crippen molar-refractivity contribution in [2.24, 2.45) is 16.7 Å². The molecule has 5 nitrogen and oxygen atoms in total. The molecule has 170 valence electrons. The molecule has 8 heteroatoms. The number of hydrogen-bond acceptors (Lipinski definition) is 3. The summed E-state index contributed by atoms with van der Waals surface area (Å²) in [7, 11) is 0. The topological polar surface area (TPSA) is 86.6 Å². The van der Waals surface area contributed by atoms with Crippen LogP contribution in [-0.2, 0) is 22.2 Å². The van der Waals surface area contributed by atoms with Gasteiger partial charge in [0.15, 0.2) is 0 Å². The van der Waals surface area contributed by atoms with Crippen LogP contribution in [-0.4, -0.2) is 34.7 Å². The zero-order valence-electron chi connectivity index (χ0n) is 18.1. The van der Waals surface area contributed by atoms with Crippen LogP contribution >= 0.6 is 0 Å². The van der Waals surface area contributed by atoms with Gasteiger partial charge < -0.3 is 15.5 Å². The van der Waals surface area contributed by atoms with Crippen molar-refractivity contribution < 1.29 is 33.0 Å². The highest BCUT2D eigenvalue weighted by Gasteiger charge is 2.58. The first-order valence-corrected chi connectivity index (χ1v) is 10.0. The quantitative estimate of drug-likeness (QED) is 0.600. The number of rotatable bonds is 6. The van der Waals surface area contributed by atoms with Gasteiger partial charge in [0.05, 0.1) is 16.9 Å². The molecule has 1 saturated carbocycles. The first-order valence-electron chi connectivity index (χ1n) is 10.0. The first kappa shape index (κ1) is 25.9. The van der Waals surface area contributed by atoms with Crippen LogP contribution in [0.1, 0.15) is 58.6 Å². The Morgan fingerprint density at radius 2 is 1.83 bits per heavy atom. The van der Waals surface area contributed by atoms with E-state index in [4.69, 9.17) is 10.2 Å². The zero-order valence-corrected chi connectivity index (χ0v) is 18.1. The minimum atomic E-state index is -4.25. The summed E-state index contributed by atoms with van der Waals surface area (Å²) in [6, 6.07) is 5.68. The van der Waals surface area contributed by atoms with Gasteiger partial charge in [-0.15, -0.1) is 0 Å². The molecule has 0 bridgehead atoms. The molecular formula is C22H32F3NO4. The summed E-state index contributed by atoms with van der Waals surface area (Å²) < 4.78 is 37.3. The number of carbonyl (C=O) groups is 2. The second-order valence-corrected chi connectivity index (χ2v) is 8.65. The Morgan fingerprint density at radius 1 is 1.23 bits per heavy atom. The number of hydrogen-bond donors (Lipinski definition) is 3. The van der Waals surface area contributed by atoms with Gasteiger partial charge in [-0.25, -0.2) is 0 Å². The minimum Gasteiger partial charge on any atom is -0.481 e. The highest BCUT2D eigenvalue weighted by Crippen LogP contribution is 2.56. The van der Waals surface area contributed by atoms with E-state index >= 15 is 0 Å². The molecule has 1 aromatic carbocycles. The third kappa shape index (κ3) is 5.97. The number of carboxylic acid groups (broad SMARTS) is 2. The first-order chi connectivity index (χ1) is 13.7. The normalized spacial score (nSPS) is 23.9. The average Bonchev–Trinajstić information content (AvgIpc) is 2.86. The Kier molecular flexibility index (Phi) is 8.49. The molecule has 0 unspecified atom stereocenters. The van der Waals surface area contributed by atoms with E-state index < -0.39 is 40.4 Å². The Bertz CT molecular complexity index is 748. The number of aliphatic carboxylic acids is 2. The van der Waals surface area contributed by atoms with Gasteiger partial charge >= 0.3 is 18.1 Å². The maximum atomic E-state index is 12.4. The highest BCUT2D eigenvalue weighted by atomic mass is 19.4. The van der Waals surface area contributed by atoms with Gasteiger partial charge in [0.2, 0.25) is 0 Å². The van der Waals surface area contributed by atoms with E-state index in [1.54, 1.807) is 26.8 Å². The molecule has 0 heterocycles. The molecule has 0 amide bonds. The lowest BCUT2D eigenvalue weighted by Crippen LogP contribution is -2.42. The van der Waals surface area contributed by atoms with Gasteiger partial charge in [-0.1, -0.05) is 39.0 Å². The fourth-order valence-electron chi connectivity index (χ4n) is 3.96. The fraction of sp³-hybridized carbons (Fsp3) is 0.636. The van der Waals surface area contributed by atoms with E-state index in [1.807, 2.05) is 13.8 Å². The summed E-state index contributed by atoms with van der Waals surface area (Å²) in [5.41, 5.74) is -1.47. The maximum absolute atomic E-state index is 12.4. The van der Waals surface area contributed by atoms with Crippen molar-refractivity contribution in [2.45, 2.75) is 66.1 Å². The van der Waals surface area contributed by atoms with Crippen LogP contribution in [0.4, 0.5) is 13.2 Å². The van der Waals surface area contributed by atoms with Crippen molar-refractivity contribution in [3.63, 3.8) is 0 Å². The van der Waals surface area contributed by atoms with Crippen molar-refractivity contribution in [3.8, 4) is 0 Å². The van der Waals surface area contributed by atoms with Crippen LogP contribution < -0.4 is 5.32 Å². The Balaban J connectivity index is 0.000000303. The van der Waals surface area contributed by atoms with Gasteiger partial charge in [0.1, 0.15) is 0 Å². The number of likely N-dealkylation sites (N-methyl/N-ethyl adjacent to an activating group) is 1. The van der Waals surface area contributed by atoms with Crippen molar-refractivity contribution >= 4 is 11.9 Å². The van der Waals surface area contributed by atoms with Crippen molar-refractivity contribution in [1.29, 1.82) is 0 Å². The molecule has 3 N–H and O–H groups in total. The number of halogens is 3. The standard InChI is InChI=1S/C12H16F3N.C10H16O4/c1-3-16-9(2)7-10-5-4-6-11(8-10)12(13,14)15;1-9(2)6(7(11)12)4-5-10(9,3)8(13)14/h4-6,8-9,16H,3,7H2,1-2H3;6H,4-5H2,1-3H3,(H,11,12)(H,13,14)/t9-;6-,10+/m01/s1. The number of alkyl halides is 3. The lowest BCUT2D eigenvalue weighted by atomic mass is 9.66. The molecule has 0 aliphatic heterocycles. The summed E-state index contributed by atoms with van der Waals surface area (Å²) in [5.74, 6) is -2.34. The average molecular weight is 431 g/mol. The summed E-state index contributed by atoms with van der Waals surface area (Å²) in [4.78, 5) is 22.0. The van der Waals surface area contributed by atoms with E-state index in [1.165, 1.54) is 12.1 Å². The molecule has 0 saturated heterocycles. The molecule has 3 atom stereocenters. The van der Waals surface area contributed by atoms with E-state index in [9.17, 15) is 22.8 Å². The Hall–Kier alpha value is -2.09. The fourth-order valence-corrected chi connectivity index (χ4v) is 3.96. The van der Waals surface area contributed by atoms with E-state index in [2.05, 4.69) is 5.32 Å². The van der Waals surface area contributed by atoms with Gasteiger partial charge in [-0.05, 0) is 56.7 Å². The van der Waals surface area contributed by atoms with E-state index in [0.29, 0.717) is 24.8 Å². The summed E-state index contributed by atoms with van der Waals surface area (Å²) in [6.45, 7) is 9.85.